The van der Waals surface area contributed by atoms with Crippen molar-refractivity contribution < 1.29 is 38.9 Å². The van der Waals surface area contributed by atoms with E-state index in [0.717, 1.165) is 51.4 Å². The summed E-state index contributed by atoms with van der Waals surface area (Å²) in [7, 11) is 0. The van der Waals surface area contributed by atoms with Crippen molar-refractivity contribution in [1.29, 1.82) is 0 Å². The van der Waals surface area contributed by atoms with Gasteiger partial charge >= 0.3 is 49.7 Å². The first-order chi connectivity index (χ1) is 33.2. The molecule has 398 valence electrons. The van der Waals surface area contributed by atoms with Gasteiger partial charge in [0.25, 0.3) is 0 Å². The van der Waals surface area contributed by atoms with E-state index in [0.29, 0.717) is 24.3 Å². The summed E-state index contributed by atoms with van der Waals surface area (Å²) < 4.78 is 10.7. The van der Waals surface area contributed by atoms with Gasteiger partial charge in [0.2, 0.25) is 0 Å². The number of hydrogen-bond acceptors (Lipinski definition) is 8. The number of benzene rings is 1. The summed E-state index contributed by atoms with van der Waals surface area (Å²) in [6.07, 6.45) is 53.3. The third-order valence-electron chi connectivity index (χ3n) is 12.8. The Kier molecular flexibility index (Phi) is 63.0. The standard InChI is InChI=1S/C24H38O4.2C18H36O2.Ca/c1-3-5-7-9-11-15-19-27-23(25)21-17-13-14-18-22(21)24(26)28-20-16-12-10-8-6-4-2;2*1-2-3-4-5-6-7-8-9-10-11-12-13-14-15-16-17-18(19)20;/h13-14,17-18H,3-12,15-16,19-20H2,1-2H3;2*2-17H2,1H3,(H,19,20);/q;;;+2/p-2. The van der Waals surface area contributed by atoms with Crippen LogP contribution in [-0.4, -0.2) is 74.8 Å². The van der Waals surface area contributed by atoms with Gasteiger partial charge in [-0.05, 0) is 50.7 Å². The minimum atomic E-state index is -0.903. The van der Waals surface area contributed by atoms with Crippen LogP contribution in [0.2, 0.25) is 0 Å². The van der Waals surface area contributed by atoms with E-state index in [1.54, 1.807) is 24.3 Å². The molecule has 0 heterocycles. The third-order valence-corrected chi connectivity index (χ3v) is 12.8. The number of rotatable bonds is 48. The maximum Gasteiger partial charge on any atom is 2.00 e. The number of aliphatic carboxylic acids is 2. The Labute approximate surface area is 456 Å². The summed E-state index contributed by atoms with van der Waals surface area (Å²) in [6.45, 7) is 9.71. The van der Waals surface area contributed by atoms with Crippen LogP contribution in [0.1, 0.15) is 331 Å². The number of carbonyl (C=O) groups is 4. The Balaban J connectivity index is -0.000000963. The predicted molar refractivity (Wildman–Crippen MR) is 289 cm³/mol. The average molecular weight is 998 g/mol. The largest absolute Gasteiger partial charge is 2.00 e. The van der Waals surface area contributed by atoms with Crippen molar-refractivity contribution in [2.75, 3.05) is 13.2 Å². The van der Waals surface area contributed by atoms with Crippen LogP contribution < -0.4 is 10.2 Å². The van der Waals surface area contributed by atoms with Gasteiger partial charge in [-0.2, -0.15) is 0 Å². The van der Waals surface area contributed by atoms with Crippen LogP contribution in [0.4, 0.5) is 0 Å². The number of unbranched alkanes of at least 4 members (excludes halogenated alkanes) is 38. The van der Waals surface area contributed by atoms with Crippen LogP contribution in [0.3, 0.4) is 0 Å². The number of carboxylic acid groups (broad SMARTS) is 2. The zero-order valence-electron chi connectivity index (χ0n) is 45.8. The Morgan fingerprint density at radius 1 is 0.319 bits per heavy atom. The molecule has 0 aliphatic rings. The molecule has 1 aromatic carbocycles. The second-order valence-corrected chi connectivity index (χ2v) is 19.5. The molecule has 0 aliphatic heterocycles. The minimum Gasteiger partial charge on any atom is -0.550 e. The molecule has 0 radical (unpaired) electrons. The quantitative estimate of drug-likeness (QED) is 0.0358. The zero-order chi connectivity index (χ0) is 50.2. The molecule has 0 aliphatic carbocycles. The Hall–Kier alpha value is -1.64. The molecule has 69 heavy (non-hydrogen) atoms. The fourth-order valence-electron chi connectivity index (χ4n) is 8.37. The van der Waals surface area contributed by atoms with Crippen molar-refractivity contribution in [2.24, 2.45) is 0 Å². The second-order valence-electron chi connectivity index (χ2n) is 19.5. The normalized spacial score (nSPS) is 10.6. The fraction of sp³-hybridized carbons (Fsp3) is 0.833. The van der Waals surface area contributed by atoms with Crippen LogP contribution >= 0.6 is 0 Å². The van der Waals surface area contributed by atoms with Crippen LogP contribution in [0.15, 0.2) is 24.3 Å². The summed E-state index contributed by atoms with van der Waals surface area (Å²) in [5, 5.41) is 20.4. The van der Waals surface area contributed by atoms with Gasteiger partial charge < -0.3 is 29.3 Å². The molecule has 0 saturated carbocycles. The molecule has 0 bridgehead atoms. The van der Waals surface area contributed by atoms with Crippen LogP contribution in [0.25, 0.3) is 0 Å². The van der Waals surface area contributed by atoms with Crippen molar-refractivity contribution in [1.82, 2.24) is 0 Å². The van der Waals surface area contributed by atoms with Gasteiger partial charge in [0, 0.05) is 11.9 Å². The maximum atomic E-state index is 12.4. The molecule has 0 amide bonds. The van der Waals surface area contributed by atoms with Crippen LogP contribution in [0, 0.1) is 0 Å². The van der Waals surface area contributed by atoms with E-state index < -0.39 is 23.9 Å². The van der Waals surface area contributed by atoms with Crippen LogP contribution in [-0.2, 0) is 19.1 Å². The van der Waals surface area contributed by atoms with Gasteiger partial charge in [0.1, 0.15) is 0 Å². The fourth-order valence-corrected chi connectivity index (χ4v) is 8.37. The number of carbonyl (C=O) groups excluding carboxylic acids is 4. The zero-order valence-corrected chi connectivity index (χ0v) is 48.0. The van der Waals surface area contributed by atoms with Crippen molar-refractivity contribution in [3.05, 3.63) is 35.4 Å². The Bertz CT molecular complexity index is 1150. The molecule has 0 atom stereocenters. The summed E-state index contributed by atoms with van der Waals surface area (Å²) in [5.41, 5.74) is 0.586. The summed E-state index contributed by atoms with van der Waals surface area (Å²) in [6, 6.07) is 6.74. The number of carboxylic acids is 2. The van der Waals surface area contributed by atoms with Gasteiger partial charge in [0.05, 0.1) is 24.3 Å². The molecular weight excluding hydrogens is 889 g/mol. The first-order valence-corrected chi connectivity index (χ1v) is 29.1. The molecule has 0 saturated heterocycles. The third kappa shape index (κ3) is 57.1. The second kappa shape index (κ2) is 60.7. The number of esters is 2. The summed E-state index contributed by atoms with van der Waals surface area (Å²) in [5.74, 6) is -2.69. The molecule has 8 nitrogen and oxygen atoms in total. The molecule has 0 spiro atoms. The maximum absolute atomic E-state index is 12.4. The van der Waals surface area contributed by atoms with E-state index in [4.69, 9.17) is 9.47 Å². The van der Waals surface area contributed by atoms with Crippen molar-refractivity contribution in [2.45, 2.75) is 310 Å². The topological polar surface area (TPSA) is 133 Å². The van der Waals surface area contributed by atoms with Crippen LogP contribution in [0.5, 0.6) is 0 Å². The molecule has 0 fully saturated rings. The van der Waals surface area contributed by atoms with E-state index >= 15 is 0 Å². The molecular formula is C60H108CaO8. The van der Waals surface area contributed by atoms with Gasteiger partial charge in [-0.15, -0.1) is 0 Å². The Morgan fingerprint density at radius 2 is 0.507 bits per heavy atom. The van der Waals surface area contributed by atoms with Crippen molar-refractivity contribution >= 4 is 61.6 Å². The molecule has 0 unspecified atom stereocenters. The van der Waals surface area contributed by atoms with E-state index in [-0.39, 0.29) is 50.6 Å². The summed E-state index contributed by atoms with van der Waals surface area (Å²) in [4.78, 5) is 45.1. The van der Waals surface area contributed by atoms with E-state index in [2.05, 4.69) is 27.7 Å². The molecule has 9 heteroatoms. The van der Waals surface area contributed by atoms with E-state index in [1.807, 2.05) is 0 Å². The van der Waals surface area contributed by atoms with Gasteiger partial charge in [-0.1, -0.05) is 284 Å². The molecule has 0 aromatic heterocycles. The van der Waals surface area contributed by atoms with E-state index in [1.165, 1.54) is 218 Å². The monoisotopic (exact) mass is 997 g/mol. The molecule has 1 rings (SSSR count). The van der Waals surface area contributed by atoms with Gasteiger partial charge in [-0.25, -0.2) is 9.59 Å². The van der Waals surface area contributed by atoms with Gasteiger partial charge in [-0.3, -0.25) is 0 Å². The van der Waals surface area contributed by atoms with Crippen molar-refractivity contribution in [3.8, 4) is 0 Å². The predicted octanol–water partition coefficient (Wildman–Crippen LogP) is 16.3. The van der Waals surface area contributed by atoms with Crippen molar-refractivity contribution in [3.63, 3.8) is 0 Å². The SMILES string of the molecule is CCCCCCCCCCCCCCCCCC(=O)[O-].CCCCCCCCCCCCCCCCCC(=O)[O-].CCCCCCCCOC(=O)c1ccccc1C(=O)OCCCCCCCC.[Ca+2]. The first-order valence-electron chi connectivity index (χ1n) is 29.1. The number of ether oxygens (including phenoxy) is 2. The average Bonchev–Trinajstić information content (AvgIpc) is 3.33. The minimum absolute atomic E-state index is 0. The van der Waals surface area contributed by atoms with Gasteiger partial charge in [0.15, 0.2) is 0 Å². The summed E-state index contributed by atoms with van der Waals surface area (Å²) >= 11 is 0. The van der Waals surface area contributed by atoms with E-state index in [9.17, 15) is 29.4 Å². The molecule has 0 N–H and O–H groups in total. The Morgan fingerprint density at radius 3 is 0.710 bits per heavy atom. The molecule has 1 aromatic rings. The first kappa shape index (κ1) is 71.6. The number of hydrogen-bond donors (Lipinski definition) is 0. The smallest absolute Gasteiger partial charge is 0.550 e.